The van der Waals surface area contributed by atoms with E-state index in [1.54, 1.807) is 0 Å². The van der Waals surface area contributed by atoms with E-state index in [0.717, 1.165) is 12.5 Å². The van der Waals surface area contributed by atoms with Crippen LogP contribution in [0, 0.1) is 5.92 Å². The van der Waals surface area contributed by atoms with E-state index < -0.39 is 0 Å². The number of piperidine rings is 1. The van der Waals surface area contributed by atoms with Gasteiger partial charge in [-0.2, -0.15) is 0 Å². The first-order valence-corrected chi connectivity index (χ1v) is 6.48. The van der Waals surface area contributed by atoms with Gasteiger partial charge in [-0.05, 0) is 66.8 Å². The van der Waals surface area contributed by atoms with Crippen molar-refractivity contribution in [3.05, 3.63) is 0 Å². The Morgan fingerprint density at radius 3 is 2.62 bits per heavy atom. The Morgan fingerprint density at radius 2 is 2.06 bits per heavy atom. The lowest BCUT2D eigenvalue weighted by Crippen LogP contribution is -2.48. The molecule has 1 aliphatic rings. The summed E-state index contributed by atoms with van der Waals surface area (Å²) < 4.78 is 0. The van der Waals surface area contributed by atoms with Gasteiger partial charge in [-0.15, -0.1) is 0 Å². The van der Waals surface area contributed by atoms with E-state index >= 15 is 0 Å². The predicted octanol–water partition coefficient (Wildman–Crippen LogP) is 1.26. The van der Waals surface area contributed by atoms with E-state index in [2.05, 4.69) is 50.1 Å². The zero-order valence-electron chi connectivity index (χ0n) is 11.7. The zero-order chi connectivity index (χ0) is 12.2. The average Bonchev–Trinajstić information content (AvgIpc) is 2.17. The Bertz CT molecular complexity index is 201. The molecule has 0 bridgehead atoms. The molecular formula is C13H29N3. The van der Waals surface area contributed by atoms with Crippen molar-refractivity contribution in [1.29, 1.82) is 0 Å². The van der Waals surface area contributed by atoms with Crippen molar-refractivity contribution in [3.8, 4) is 0 Å². The van der Waals surface area contributed by atoms with E-state index in [1.807, 2.05) is 0 Å². The van der Waals surface area contributed by atoms with Gasteiger partial charge in [-0.1, -0.05) is 0 Å². The van der Waals surface area contributed by atoms with Crippen LogP contribution in [0.25, 0.3) is 0 Å². The van der Waals surface area contributed by atoms with Gasteiger partial charge in [0.15, 0.2) is 0 Å². The lowest BCUT2D eigenvalue weighted by Gasteiger charge is -2.35. The van der Waals surface area contributed by atoms with Crippen molar-refractivity contribution in [2.75, 3.05) is 47.3 Å². The zero-order valence-corrected chi connectivity index (χ0v) is 11.7. The van der Waals surface area contributed by atoms with Crippen molar-refractivity contribution in [2.45, 2.75) is 32.2 Å². The monoisotopic (exact) mass is 227 g/mol. The van der Waals surface area contributed by atoms with Crippen molar-refractivity contribution in [3.63, 3.8) is 0 Å². The summed E-state index contributed by atoms with van der Waals surface area (Å²) in [7, 11) is 6.53. The molecule has 1 heterocycles. The maximum absolute atomic E-state index is 3.63. The molecule has 0 aromatic rings. The fraction of sp³-hybridized carbons (Fsp3) is 1.00. The topological polar surface area (TPSA) is 18.5 Å². The van der Waals surface area contributed by atoms with Gasteiger partial charge in [-0.25, -0.2) is 0 Å². The number of nitrogens with one attached hydrogen (secondary N) is 1. The van der Waals surface area contributed by atoms with Crippen LogP contribution in [0.2, 0.25) is 0 Å². The van der Waals surface area contributed by atoms with E-state index in [9.17, 15) is 0 Å². The Kier molecular flexibility index (Phi) is 5.22. The van der Waals surface area contributed by atoms with Crippen LogP contribution in [0.4, 0.5) is 0 Å². The average molecular weight is 227 g/mol. The van der Waals surface area contributed by atoms with Crippen LogP contribution in [0.1, 0.15) is 26.7 Å². The van der Waals surface area contributed by atoms with Gasteiger partial charge in [0.05, 0.1) is 0 Å². The molecule has 0 saturated carbocycles. The van der Waals surface area contributed by atoms with Crippen LogP contribution in [0.15, 0.2) is 0 Å². The Morgan fingerprint density at radius 1 is 1.38 bits per heavy atom. The molecule has 96 valence electrons. The van der Waals surface area contributed by atoms with Crippen molar-refractivity contribution < 1.29 is 0 Å². The first kappa shape index (κ1) is 13.9. The summed E-state index contributed by atoms with van der Waals surface area (Å²) in [5.41, 5.74) is 0.251. The molecule has 0 radical (unpaired) electrons. The van der Waals surface area contributed by atoms with Crippen LogP contribution in [0.3, 0.4) is 0 Å². The highest BCUT2D eigenvalue weighted by atomic mass is 15.2. The quantitative estimate of drug-likeness (QED) is 0.763. The minimum atomic E-state index is 0.251. The van der Waals surface area contributed by atoms with Gasteiger partial charge >= 0.3 is 0 Å². The first-order valence-electron chi connectivity index (χ1n) is 6.48. The molecule has 3 heteroatoms. The third-order valence-electron chi connectivity index (χ3n) is 3.92. The van der Waals surface area contributed by atoms with Crippen molar-refractivity contribution >= 4 is 0 Å². The number of likely N-dealkylation sites (tertiary alicyclic amines) is 1. The molecule has 1 fully saturated rings. The molecule has 16 heavy (non-hydrogen) atoms. The summed E-state index contributed by atoms with van der Waals surface area (Å²) in [6, 6.07) is 0. The molecule has 1 saturated heterocycles. The van der Waals surface area contributed by atoms with Crippen LogP contribution in [0.5, 0.6) is 0 Å². The maximum atomic E-state index is 3.63. The predicted molar refractivity (Wildman–Crippen MR) is 70.9 cm³/mol. The molecule has 1 rings (SSSR count). The molecule has 0 spiro atoms. The second kappa shape index (κ2) is 5.99. The molecule has 1 atom stereocenters. The second-order valence-corrected chi connectivity index (χ2v) is 6.11. The standard InChI is InChI=1S/C13H29N3/c1-13(2,15(3)4)11-14-9-12-7-6-8-16(5)10-12/h12,14H,6-11H2,1-5H3. The molecule has 0 aromatic heterocycles. The fourth-order valence-corrected chi connectivity index (χ4v) is 2.18. The summed E-state index contributed by atoms with van der Waals surface area (Å²) >= 11 is 0. The summed E-state index contributed by atoms with van der Waals surface area (Å²) in [6.45, 7) is 9.34. The smallest absolute Gasteiger partial charge is 0.0271 e. The van der Waals surface area contributed by atoms with Gasteiger partial charge in [0.25, 0.3) is 0 Å². The number of likely N-dealkylation sites (N-methyl/N-ethyl adjacent to an activating group) is 1. The molecule has 1 unspecified atom stereocenters. The molecule has 0 amide bonds. The SMILES string of the molecule is CN1CCCC(CNCC(C)(C)N(C)C)C1. The maximum Gasteiger partial charge on any atom is 0.0271 e. The van der Waals surface area contributed by atoms with E-state index in [0.29, 0.717) is 0 Å². The van der Waals surface area contributed by atoms with E-state index in [1.165, 1.54) is 32.5 Å². The van der Waals surface area contributed by atoms with Crippen LogP contribution < -0.4 is 5.32 Å². The normalized spacial score (nSPS) is 24.0. The minimum Gasteiger partial charge on any atom is -0.315 e. The number of hydrogen-bond donors (Lipinski definition) is 1. The molecule has 1 aliphatic heterocycles. The number of rotatable bonds is 5. The van der Waals surface area contributed by atoms with E-state index in [4.69, 9.17) is 0 Å². The van der Waals surface area contributed by atoms with Gasteiger partial charge in [0.1, 0.15) is 0 Å². The highest BCUT2D eigenvalue weighted by Crippen LogP contribution is 2.14. The van der Waals surface area contributed by atoms with Crippen molar-refractivity contribution in [2.24, 2.45) is 5.92 Å². The van der Waals surface area contributed by atoms with Gasteiger partial charge in [0.2, 0.25) is 0 Å². The van der Waals surface area contributed by atoms with Gasteiger partial charge < -0.3 is 15.1 Å². The van der Waals surface area contributed by atoms with Crippen LogP contribution in [-0.2, 0) is 0 Å². The summed E-state index contributed by atoms with van der Waals surface area (Å²) in [6.07, 6.45) is 2.75. The third kappa shape index (κ3) is 4.40. The lowest BCUT2D eigenvalue weighted by atomic mass is 9.97. The number of nitrogens with zero attached hydrogens (tertiary/aromatic N) is 2. The molecule has 0 aromatic carbocycles. The Hall–Kier alpha value is -0.120. The van der Waals surface area contributed by atoms with Gasteiger partial charge in [-0.3, -0.25) is 0 Å². The second-order valence-electron chi connectivity index (χ2n) is 6.11. The number of hydrogen-bond acceptors (Lipinski definition) is 3. The van der Waals surface area contributed by atoms with Crippen LogP contribution >= 0.6 is 0 Å². The molecular weight excluding hydrogens is 198 g/mol. The highest BCUT2D eigenvalue weighted by Gasteiger charge is 2.21. The molecule has 0 aliphatic carbocycles. The van der Waals surface area contributed by atoms with Gasteiger partial charge in [0, 0.05) is 18.6 Å². The first-order chi connectivity index (χ1) is 7.42. The van der Waals surface area contributed by atoms with Crippen LogP contribution in [-0.4, -0.2) is 62.7 Å². The molecule has 1 N–H and O–H groups in total. The summed E-state index contributed by atoms with van der Waals surface area (Å²) in [5.74, 6) is 0.844. The summed E-state index contributed by atoms with van der Waals surface area (Å²) in [5, 5.41) is 3.63. The lowest BCUT2D eigenvalue weighted by molar-refractivity contribution is 0.173. The Labute approximate surface area is 101 Å². The fourth-order valence-electron chi connectivity index (χ4n) is 2.18. The van der Waals surface area contributed by atoms with Crippen molar-refractivity contribution in [1.82, 2.24) is 15.1 Å². The third-order valence-corrected chi connectivity index (χ3v) is 3.92. The van der Waals surface area contributed by atoms with E-state index in [-0.39, 0.29) is 5.54 Å². The summed E-state index contributed by atoms with van der Waals surface area (Å²) in [4.78, 5) is 4.74. The largest absolute Gasteiger partial charge is 0.315 e. The minimum absolute atomic E-state index is 0.251. The molecule has 3 nitrogen and oxygen atoms in total. The Balaban J connectivity index is 2.20. The highest BCUT2D eigenvalue weighted by molar-refractivity contribution is 4.81.